The molecule has 2 aromatic carbocycles. The molecule has 0 saturated heterocycles. The van der Waals surface area contributed by atoms with E-state index in [-0.39, 0.29) is 6.61 Å². The number of imidazole rings is 1. The van der Waals surface area contributed by atoms with Gasteiger partial charge in [-0.05, 0) is 36.2 Å². The molecule has 7 nitrogen and oxygen atoms in total. The number of hydrogen-bond donors (Lipinski definition) is 1. The van der Waals surface area contributed by atoms with Gasteiger partial charge in [0.15, 0.2) is 10.7 Å². The lowest BCUT2D eigenvalue weighted by atomic mass is 10.1. The van der Waals surface area contributed by atoms with E-state index in [1.807, 2.05) is 28.8 Å². The summed E-state index contributed by atoms with van der Waals surface area (Å²) in [7, 11) is 1.34. The van der Waals surface area contributed by atoms with E-state index in [0.29, 0.717) is 45.5 Å². The summed E-state index contributed by atoms with van der Waals surface area (Å²) < 4.78 is 12.8. The van der Waals surface area contributed by atoms with Crippen molar-refractivity contribution in [2.45, 2.75) is 39.3 Å². The molecule has 0 aliphatic carbocycles. The second-order valence-corrected chi connectivity index (χ2v) is 7.83. The second-order valence-electron chi connectivity index (χ2n) is 7.47. The summed E-state index contributed by atoms with van der Waals surface area (Å²) in [6.07, 6.45) is 2.82. The third-order valence-corrected chi connectivity index (χ3v) is 5.67. The summed E-state index contributed by atoms with van der Waals surface area (Å²) in [5.41, 5.74) is 3.81. The third kappa shape index (κ3) is 4.26. The van der Waals surface area contributed by atoms with Crippen molar-refractivity contribution in [3.05, 3.63) is 70.3 Å². The molecule has 0 bridgehead atoms. The van der Waals surface area contributed by atoms with Gasteiger partial charge in [0.05, 0.1) is 30.5 Å². The van der Waals surface area contributed by atoms with Gasteiger partial charge in [-0.25, -0.2) is 14.8 Å². The smallest absolute Gasteiger partial charge is 0.338 e. The maximum Gasteiger partial charge on any atom is 0.338 e. The van der Waals surface area contributed by atoms with E-state index < -0.39 is 5.97 Å². The largest absolute Gasteiger partial charge is 0.465 e. The van der Waals surface area contributed by atoms with Gasteiger partial charge in [-0.15, -0.1) is 0 Å². The molecule has 4 aromatic rings. The van der Waals surface area contributed by atoms with E-state index in [0.717, 1.165) is 30.7 Å². The number of nitrogens with zero attached hydrogens (tertiary/aromatic N) is 3. The first kappa shape index (κ1) is 22.0. The minimum absolute atomic E-state index is 0.184. The Balaban J connectivity index is 1.69. The maximum absolute atomic E-state index is 12.1. The molecule has 2 aromatic heterocycles. The summed E-state index contributed by atoms with van der Waals surface area (Å²) in [5.74, 6) is 0.756. The SMILES string of the molecule is CCCCc1nc(Cl)c(CO)n1Cc1ccc2nc(-c3ccccc3C(=O)OC)oc2c1. The van der Waals surface area contributed by atoms with E-state index in [1.54, 1.807) is 18.2 Å². The Kier molecular flexibility index (Phi) is 6.58. The van der Waals surface area contributed by atoms with E-state index in [9.17, 15) is 9.90 Å². The fourth-order valence-electron chi connectivity index (χ4n) is 3.69. The van der Waals surface area contributed by atoms with Crippen molar-refractivity contribution >= 4 is 28.7 Å². The number of esters is 1. The van der Waals surface area contributed by atoms with Crippen molar-refractivity contribution in [3.63, 3.8) is 0 Å². The molecule has 0 aliphatic heterocycles. The number of halogens is 1. The zero-order chi connectivity index (χ0) is 22.7. The van der Waals surface area contributed by atoms with Gasteiger partial charge in [0, 0.05) is 13.0 Å². The number of aliphatic hydroxyl groups is 1. The molecule has 8 heteroatoms. The van der Waals surface area contributed by atoms with Crippen molar-refractivity contribution in [2.75, 3.05) is 7.11 Å². The maximum atomic E-state index is 12.1. The van der Waals surface area contributed by atoms with Crippen molar-refractivity contribution in [1.82, 2.24) is 14.5 Å². The van der Waals surface area contributed by atoms with E-state index in [4.69, 9.17) is 20.8 Å². The van der Waals surface area contributed by atoms with Gasteiger partial charge in [0.25, 0.3) is 0 Å². The number of carbonyl (C=O) groups is 1. The average Bonchev–Trinajstić information content (AvgIpc) is 3.37. The number of ether oxygens (including phenoxy) is 1. The predicted molar refractivity (Wildman–Crippen MR) is 122 cm³/mol. The van der Waals surface area contributed by atoms with Crippen LogP contribution in [0.15, 0.2) is 46.9 Å². The Morgan fingerprint density at radius 3 is 2.78 bits per heavy atom. The zero-order valence-corrected chi connectivity index (χ0v) is 18.7. The van der Waals surface area contributed by atoms with Crippen molar-refractivity contribution in [2.24, 2.45) is 0 Å². The first-order chi connectivity index (χ1) is 15.5. The number of methoxy groups -OCH3 is 1. The van der Waals surface area contributed by atoms with Gasteiger partial charge in [0.1, 0.15) is 11.3 Å². The Morgan fingerprint density at radius 1 is 1.22 bits per heavy atom. The molecule has 0 aliphatic rings. The number of fused-ring (bicyclic) bond motifs is 1. The average molecular weight is 454 g/mol. The van der Waals surface area contributed by atoms with Crippen LogP contribution >= 0.6 is 11.6 Å². The molecule has 0 atom stereocenters. The lowest BCUT2D eigenvalue weighted by Gasteiger charge is -2.11. The van der Waals surface area contributed by atoms with Crippen LogP contribution in [0.4, 0.5) is 0 Å². The number of aliphatic hydroxyl groups excluding tert-OH is 1. The highest BCUT2D eigenvalue weighted by atomic mass is 35.5. The molecule has 0 saturated carbocycles. The predicted octanol–water partition coefficient (Wildman–Crippen LogP) is 5.01. The highest BCUT2D eigenvalue weighted by Crippen LogP contribution is 2.29. The minimum atomic E-state index is -0.448. The van der Waals surface area contributed by atoms with E-state index in [2.05, 4.69) is 16.9 Å². The van der Waals surface area contributed by atoms with Crippen LogP contribution in [-0.2, 0) is 24.3 Å². The molecule has 0 spiro atoms. The molecule has 32 heavy (non-hydrogen) atoms. The fourth-order valence-corrected chi connectivity index (χ4v) is 3.95. The number of benzene rings is 2. The number of aryl methyl sites for hydroxylation is 1. The van der Waals surface area contributed by atoms with Gasteiger partial charge in [-0.3, -0.25) is 0 Å². The summed E-state index contributed by atoms with van der Waals surface area (Å²) in [5, 5.41) is 10.1. The number of oxazole rings is 1. The normalized spacial score (nSPS) is 11.2. The Labute approximate surface area is 190 Å². The molecule has 4 rings (SSSR count). The molecule has 0 unspecified atom stereocenters. The van der Waals surface area contributed by atoms with Gasteiger partial charge >= 0.3 is 5.97 Å². The van der Waals surface area contributed by atoms with Crippen LogP contribution in [0, 0.1) is 0 Å². The van der Waals surface area contributed by atoms with E-state index in [1.165, 1.54) is 7.11 Å². The fraction of sp³-hybridized carbons (Fsp3) is 0.292. The highest BCUT2D eigenvalue weighted by molar-refractivity contribution is 6.30. The second kappa shape index (κ2) is 9.54. The van der Waals surface area contributed by atoms with Gasteiger partial charge in [-0.2, -0.15) is 0 Å². The zero-order valence-electron chi connectivity index (χ0n) is 18.0. The number of unbranched alkanes of at least 4 members (excludes halogenated alkanes) is 1. The summed E-state index contributed by atoms with van der Waals surface area (Å²) in [6.45, 7) is 2.44. The van der Waals surface area contributed by atoms with Crippen LogP contribution in [0.5, 0.6) is 0 Å². The molecule has 2 heterocycles. The summed E-state index contributed by atoms with van der Waals surface area (Å²) in [6, 6.07) is 12.8. The topological polar surface area (TPSA) is 90.4 Å². The first-order valence-corrected chi connectivity index (χ1v) is 10.8. The van der Waals surface area contributed by atoms with Gasteiger partial charge < -0.3 is 18.8 Å². The number of rotatable bonds is 8. The van der Waals surface area contributed by atoms with Crippen LogP contribution in [0.2, 0.25) is 5.15 Å². The Morgan fingerprint density at radius 2 is 2.03 bits per heavy atom. The minimum Gasteiger partial charge on any atom is -0.465 e. The van der Waals surface area contributed by atoms with Gasteiger partial charge in [-0.1, -0.05) is 43.1 Å². The van der Waals surface area contributed by atoms with Crippen LogP contribution in [0.3, 0.4) is 0 Å². The molecule has 1 N–H and O–H groups in total. The third-order valence-electron chi connectivity index (χ3n) is 5.36. The first-order valence-electron chi connectivity index (χ1n) is 10.5. The molecule has 0 radical (unpaired) electrons. The lowest BCUT2D eigenvalue weighted by molar-refractivity contribution is 0.0601. The molecule has 0 amide bonds. The van der Waals surface area contributed by atoms with Crippen molar-refractivity contribution in [1.29, 1.82) is 0 Å². The van der Waals surface area contributed by atoms with Crippen LogP contribution in [0.25, 0.3) is 22.6 Å². The summed E-state index contributed by atoms with van der Waals surface area (Å²) >= 11 is 6.26. The van der Waals surface area contributed by atoms with Crippen molar-refractivity contribution < 1.29 is 19.1 Å². The Hall–Kier alpha value is -3.16. The molecular weight excluding hydrogens is 430 g/mol. The Bertz CT molecular complexity index is 1260. The van der Waals surface area contributed by atoms with Crippen LogP contribution in [-0.4, -0.2) is 32.7 Å². The number of aromatic nitrogens is 3. The van der Waals surface area contributed by atoms with Crippen LogP contribution in [0.1, 0.15) is 47.2 Å². The van der Waals surface area contributed by atoms with E-state index >= 15 is 0 Å². The number of hydrogen-bond acceptors (Lipinski definition) is 6. The van der Waals surface area contributed by atoms with Crippen molar-refractivity contribution in [3.8, 4) is 11.5 Å². The monoisotopic (exact) mass is 453 g/mol. The van der Waals surface area contributed by atoms with Gasteiger partial charge in [0.2, 0.25) is 5.89 Å². The number of carbonyl (C=O) groups excluding carboxylic acids is 1. The highest BCUT2D eigenvalue weighted by Gasteiger charge is 2.19. The standard InChI is InChI=1S/C24H24ClN3O4/c1-3-4-9-21-27-22(25)19(14-29)28(21)13-15-10-11-18-20(12-15)32-23(26-18)16-7-5-6-8-17(16)24(30)31-2/h5-8,10-12,29H,3-4,9,13-14H2,1-2H3. The summed E-state index contributed by atoms with van der Waals surface area (Å²) in [4.78, 5) is 21.1. The lowest BCUT2D eigenvalue weighted by Crippen LogP contribution is -2.09. The molecule has 166 valence electrons. The van der Waals surface area contributed by atoms with Crippen LogP contribution < -0.4 is 0 Å². The quantitative estimate of drug-likeness (QED) is 0.377. The molecular formula is C24H24ClN3O4. The molecule has 0 fully saturated rings.